The molecule has 6 heteroatoms. The molecule has 2 aliphatic heterocycles. The number of amides is 2. The number of rotatable bonds is 2. The topological polar surface area (TPSA) is 50.8 Å². The number of hydrogen-bond donors (Lipinski definition) is 1. The molecule has 0 radical (unpaired) electrons. The monoisotopic (exact) mass is 446 g/mol. The normalized spacial score (nSPS) is 19.1. The Labute approximate surface area is 192 Å². The van der Waals surface area contributed by atoms with Crippen molar-refractivity contribution in [3.8, 4) is 11.5 Å². The third-order valence-electron chi connectivity index (χ3n) is 6.64. The van der Waals surface area contributed by atoms with Gasteiger partial charge in [-0.3, -0.25) is 0 Å². The number of benzene rings is 2. The predicted molar refractivity (Wildman–Crippen MR) is 126 cm³/mol. The first-order valence-corrected chi connectivity index (χ1v) is 12.2. The molecule has 6 rings (SSSR count). The van der Waals surface area contributed by atoms with Crippen LogP contribution in [0.15, 0.2) is 48.5 Å². The van der Waals surface area contributed by atoms with Crippen LogP contribution in [0.25, 0.3) is 0 Å². The van der Waals surface area contributed by atoms with Gasteiger partial charge < -0.3 is 19.7 Å². The van der Waals surface area contributed by atoms with E-state index in [-0.39, 0.29) is 12.1 Å². The van der Waals surface area contributed by atoms with Gasteiger partial charge in [0, 0.05) is 28.1 Å². The van der Waals surface area contributed by atoms with Crippen molar-refractivity contribution in [3.05, 3.63) is 75.0 Å². The maximum Gasteiger partial charge on any atom is 0.322 e. The van der Waals surface area contributed by atoms with Crippen molar-refractivity contribution in [2.75, 3.05) is 25.1 Å². The van der Waals surface area contributed by atoms with E-state index in [1.807, 2.05) is 40.5 Å². The highest BCUT2D eigenvalue weighted by Gasteiger charge is 2.36. The number of aryl methyl sites for hydroxylation is 1. The minimum atomic E-state index is -0.0763. The first-order chi connectivity index (χ1) is 15.8. The zero-order chi connectivity index (χ0) is 21.5. The van der Waals surface area contributed by atoms with Crippen LogP contribution in [0.3, 0.4) is 0 Å². The molecule has 1 unspecified atom stereocenters. The number of nitrogens with zero attached hydrogens (tertiary/aromatic N) is 1. The Kier molecular flexibility index (Phi) is 5.02. The SMILES string of the molecule is O=C(Nc1ccc2c(c1)OCCO2)N1CCc2c(sc3c2CCCC3)C1c1ccccc1. The molecular weight excluding hydrogens is 420 g/mol. The summed E-state index contributed by atoms with van der Waals surface area (Å²) in [4.78, 5) is 18.4. The van der Waals surface area contributed by atoms with E-state index in [0.717, 1.165) is 17.9 Å². The number of nitrogens with one attached hydrogen (secondary N) is 1. The number of hydrogen-bond acceptors (Lipinski definition) is 4. The summed E-state index contributed by atoms with van der Waals surface area (Å²) in [5, 5.41) is 3.11. The first-order valence-electron chi connectivity index (χ1n) is 11.4. The fraction of sp³-hybridized carbons (Fsp3) is 0.346. The van der Waals surface area contributed by atoms with Crippen molar-refractivity contribution in [1.82, 2.24) is 4.90 Å². The van der Waals surface area contributed by atoms with Gasteiger partial charge in [0.1, 0.15) is 13.2 Å². The van der Waals surface area contributed by atoms with E-state index < -0.39 is 0 Å². The molecule has 3 aromatic rings. The number of ether oxygens (including phenoxy) is 2. The standard InChI is InChI=1S/C26H26N2O3S/c29-26(27-18-10-11-21-22(16-18)31-15-14-30-21)28-13-12-20-19-8-4-5-9-23(19)32-25(20)24(28)17-6-2-1-3-7-17/h1-3,6-7,10-11,16,24H,4-5,8-9,12-15H2,(H,27,29). The molecule has 3 aliphatic rings. The summed E-state index contributed by atoms with van der Waals surface area (Å²) in [5.41, 5.74) is 4.97. The lowest BCUT2D eigenvalue weighted by atomic mass is 9.88. The molecule has 1 N–H and O–H groups in total. The van der Waals surface area contributed by atoms with Crippen LogP contribution in [0, 0.1) is 0 Å². The summed E-state index contributed by atoms with van der Waals surface area (Å²) in [7, 11) is 0. The third-order valence-corrected chi connectivity index (χ3v) is 8.03. The largest absolute Gasteiger partial charge is 0.486 e. The molecule has 0 saturated heterocycles. The molecule has 2 aromatic carbocycles. The molecule has 32 heavy (non-hydrogen) atoms. The Morgan fingerprint density at radius 2 is 1.75 bits per heavy atom. The maximum absolute atomic E-state index is 13.5. The van der Waals surface area contributed by atoms with Gasteiger partial charge in [0.05, 0.1) is 6.04 Å². The molecular formula is C26H26N2O3S. The van der Waals surface area contributed by atoms with E-state index in [1.54, 1.807) is 5.56 Å². The predicted octanol–water partition coefficient (Wildman–Crippen LogP) is 5.58. The van der Waals surface area contributed by atoms with Crippen LogP contribution in [0.5, 0.6) is 11.5 Å². The van der Waals surface area contributed by atoms with Crippen LogP contribution >= 0.6 is 11.3 Å². The number of anilines is 1. The molecule has 0 bridgehead atoms. The lowest BCUT2D eigenvalue weighted by Crippen LogP contribution is -2.42. The van der Waals surface area contributed by atoms with E-state index in [9.17, 15) is 4.79 Å². The fourth-order valence-corrected chi connectivity index (χ4v) is 6.74. The Morgan fingerprint density at radius 1 is 0.938 bits per heavy atom. The molecule has 3 heterocycles. The highest BCUT2D eigenvalue weighted by Crippen LogP contribution is 2.45. The van der Waals surface area contributed by atoms with Gasteiger partial charge in [0.25, 0.3) is 0 Å². The van der Waals surface area contributed by atoms with E-state index >= 15 is 0 Å². The van der Waals surface area contributed by atoms with Crippen molar-refractivity contribution < 1.29 is 14.3 Å². The van der Waals surface area contributed by atoms with Gasteiger partial charge in [-0.2, -0.15) is 0 Å². The van der Waals surface area contributed by atoms with Crippen molar-refractivity contribution in [2.24, 2.45) is 0 Å². The molecule has 1 aliphatic carbocycles. The van der Waals surface area contributed by atoms with E-state index in [0.29, 0.717) is 25.5 Å². The first kappa shape index (κ1) is 19.7. The minimum absolute atomic E-state index is 0.0484. The lowest BCUT2D eigenvalue weighted by molar-refractivity contribution is 0.171. The van der Waals surface area contributed by atoms with E-state index in [1.165, 1.54) is 46.6 Å². The van der Waals surface area contributed by atoms with Crippen LogP contribution in [0.2, 0.25) is 0 Å². The Bertz CT molecular complexity index is 1160. The highest BCUT2D eigenvalue weighted by molar-refractivity contribution is 7.12. The summed E-state index contributed by atoms with van der Waals surface area (Å²) in [6.07, 6.45) is 5.85. The maximum atomic E-state index is 13.5. The molecule has 1 aromatic heterocycles. The molecule has 164 valence electrons. The number of thiophene rings is 1. The number of fused-ring (bicyclic) bond motifs is 4. The van der Waals surface area contributed by atoms with Crippen LogP contribution in [0.1, 0.15) is 45.3 Å². The van der Waals surface area contributed by atoms with Crippen molar-refractivity contribution in [3.63, 3.8) is 0 Å². The molecule has 2 amide bonds. The summed E-state index contributed by atoms with van der Waals surface area (Å²) < 4.78 is 11.3. The quantitative estimate of drug-likeness (QED) is 0.559. The second-order valence-corrected chi connectivity index (χ2v) is 9.74. The summed E-state index contributed by atoms with van der Waals surface area (Å²) in [6, 6.07) is 15.9. The number of carbonyl (C=O) groups excluding carboxylic acids is 1. The van der Waals surface area contributed by atoms with Crippen molar-refractivity contribution >= 4 is 23.1 Å². The van der Waals surface area contributed by atoms with Crippen LogP contribution in [-0.2, 0) is 19.3 Å². The molecule has 0 saturated carbocycles. The summed E-state index contributed by atoms with van der Waals surface area (Å²) >= 11 is 1.93. The highest BCUT2D eigenvalue weighted by atomic mass is 32.1. The Balaban J connectivity index is 1.34. The average Bonchev–Trinajstić information content (AvgIpc) is 3.22. The second-order valence-electron chi connectivity index (χ2n) is 8.60. The van der Waals surface area contributed by atoms with E-state index in [2.05, 4.69) is 29.6 Å². The van der Waals surface area contributed by atoms with Crippen LogP contribution < -0.4 is 14.8 Å². The van der Waals surface area contributed by atoms with Gasteiger partial charge in [-0.15, -0.1) is 11.3 Å². The molecule has 1 atom stereocenters. The molecule has 5 nitrogen and oxygen atoms in total. The van der Waals surface area contributed by atoms with Gasteiger partial charge in [0.2, 0.25) is 0 Å². The molecule has 0 spiro atoms. The van der Waals surface area contributed by atoms with Gasteiger partial charge in [0.15, 0.2) is 11.5 Å². The second kappa shape index (κ2) is 8.17. The number of urea groups is 1. The fourth-order valence-electron chi connectivity index (χ4n) is 5.15. The van der Waals surface area contributed by atoms with Gasteiger partial charge in [-0.05, 0) is 60.9 Å². The Morgan fingerprint density at radius 3 is 2.62 bits per heavy atom. The number of carbonyl (C=O) groups is 1. The third kappa shape index (κ3) is 3.43. The van der Waals surface area contributed by atoms with Gasteiger partial charge in [-0.25, -0.2) is 4.79 Å². The van der Waals surface area contributed by atoms with Gasteiger partial charge in [-0.1, -0.05) is 30.3 Å². The minimum Gasteiger partial charge on any atom is -0.486 e. The smallest absolute Gasteiger partial charge is 0.322 e. The van der Waals surface area contributed by atoms with Crippen molar-refractivity contribution in [2.45, 2.75) is 38.1 Å². The Hall–Kier alpha value is -2.99. The van der Waals surface area contributed by atoms with Crippen LogP contribution in [-0.4, -0.2) is 30.7 Å². The molecule has 0 fully saturated rings. The lowest BCUT2D eigenvalue weighted by Gasteiger charge is -2.36. The van der Waals surface area contributed by atoms with Crippen LogP contribution in [0.4, 0.5) is 10.5 Å². The van der Waals surface area contributed by atoms with E-state index in [4.69, 9.17) is 9.47 Å². The van der Waals surface area contributed by atoms with Gasteiger partial charge >= 0.3 is 6.03 Å². The summed E-state index contributed by atoms with van der Waals surface area (Å²) in [6.45, 7) is 1.79. The summed E-state index contributed by atoms with van der Waals surface area (Å²) in [5.74, 6) is 1.41. The van der Waals surface area contributed by atoms with Crippen molar-refractivity contribution in [1.29, 1.82) is 0 Å². The zero-order valence-corrected chi connectivity index (χ0v) is 18.7. The average molecular weight is 447 g/mol. The zero-order valence-electron chi connectivity index (χ0n) is 17.9.